The molecule has 3 nitrogen and oxygen atoms in total. The Labute approximate surface area is 104 Å². The third kappa shape index (κ3) is 2.98. The van der Waals surface area contributed by atoms with Crippen LogP contribution in [-0.4, -0.2) is 19.5 Å². The Bertz CT molecular complexity index is 377. The molecule has 0 aliphatic heterocycles. The molecule has 0 bridgehead atoms. The largest absolute Gasteiger partial charge is 0.493 e. The van der Waals surface area contributed by atoms with E-state index in [1.807, 2.05) is 13.8 Å². The fourth-order valence-corrected chi connectivity index (χ4v) is 1.76. The average Bonchev–Trinajstić information content (AvgIpc) is 2.30. The molecule has 0 heterocycles. The highest BCUT2D eigenvalue weighted by molar-refractivity contribution is 9.10. The summed E-state index contributed by atoms with van der Waals surface area (Å²) in [5.74, 6) is 1.21. The Morgan fingerprint density at radius 1 is 1.50 bits per heavy atom. The molecule has 0 aromatic heterocycles. The van der Waals surface area contributed by atoms with Crippen LogP contribution in [0.2, 0.25) is 0 Å². The third-order valence-corrected chi connectivity index (χ3v) is 2.87. The summed E-state index contributed by atoms with van der Waals surface area (Å²) in [5.41, 5.74) is 0.556. The zero-order valence-corrected chi connectivity index (χ0v) is 11.2. The summed E-state index contributed by atoms with van der Waals surface area (Å²) in [5, 5.41) is 0. The molecule has 0 saturated heterocycles. The lowest BCUT2D eigenvalue weighted by Gasteiger charge is -2.17. The first-order chi connectivity index (χ1) is 7.62. The highest BCUT2D eigenvalue weighted by atomic mass is 79.9. The van der Waals surface area contributed by atoms with Gasteiger partial charge in [0.2, 0.25) is 0 Å². The van der Waals surface area contributed by atoms with Crippen molar-refractivity contribution in [1.29, 1.82) is 0 Å². The molecule has 88 valence electrons. The predicted molar refractivity (Wildman–Crippen MR) is 66.5 cm³/mol. The van der Waals surface area contributed by atoms with Crippen molar-refractivity contribution in [2.75, 3.05) is 7.11 Å². The fourth-order valence-electron chi connectivity index (χ4n) is 1.21. The molecule has 1 unspecified atom stereocenters. The van der Waals surface area contributed by atoms with Crippen LogP contribution in [0.4, 0.5) is 0 Å². The molecule has 0 amide bonds. The van der Waals surface area contributed by atoms with Crippen LogP contribution in [0.3, 0.4) is 0 Å². The van der Waals surface area contributed by atoms with Gasteiger partial charge in [-0.05, 0) is 41.4 Å². The van der Waals surface area contributed by atoms with E-state index in [4.69, 9.17) is 9.47 Å². The lowest BCUT2D eigenvalue weighted by Crippen LogP contribution is -2.11. The van der Waals surface area contributed by atoms with Crippen molar-refractivity contribution in [2.24, 2.45) is 0 Å². The Kier molecular flexibility index (Phi) is 4.80. The monoisotopic (exact) mass is 286 g/mol. The van der Waals surface area contributed by atoms with E-state index < -0.39 is 0 Å². The molecule has 1 aromatic carbocycles. The lowest BCUT2D eigenvalue weighted by molar-refractivity contribution is 0.112. The Morgan fingerprint density at radius 3 is 2.69 bits per heavy atom. The minimum Gasteiger partial charge on any atom is -0.493 e. The molecule has 0 saturated carbocycles. The van der Waals surface area contributed by atoms with E-state index in [2.05, 4.69) is 15.9 Å². The number of hydrogen-bond donors (Lipinski definition) is 0. The van der Waals surface area contributed by atoms with Crippen molar-refractivity contribution in [1.82, 2.24) is 0 Å². The van der Waals surface area contributed by atoms with Gasteiger partial charge < -0.3 is 9.47 Å². The second-order valence-corrected chi connectivity index (χ2v) is 4.34. The number of ether oxygens (including phenoxy) is 2. The first-order valence-corrected chi connectivity index (χ1v) is 5.91. The maximum absolute atomic E-state index is 10.7. The van der Waals surface area contributed by atoms with Gasteiger partial charge in [-0.25, -0.2) is 0 Å². The molecular weight excluding hydrogens is 272 g/mol. The third-order valence-electron chi connectivity index (χ3n) is 2.28. The highest BCUT2D eigenvalue weighted by Crippen LogP contribution is 2.37. The minimum absolute atomic E-state index is 0.104. The molecule has 4 heteroatoms. The average molecular weight is 287 g/mol. The highest BCUT2D eigenvalue weighted by Gasteiger charge is 2.13. The number of aldehydes is 1. The van der Waals surface area contributed by atoms with Gasteiger partial charge in [0.15, 0.2) is 11.5 Å². The van der Waals surface area contributed by atoms with Crippen molar-refractivity contribution < 1.29 is 14.3 Å². The minimum atomic E-state index is 0.104. The van der Waals surface area contributed by atoms with Crippen LogP contribution in [0.15, 0.2) is 16.6 Å². The Balaban J connectivity index is 3.11. The van der Waals surface area contributed by atoms with Crippen molar-refractivity contribution in [3.63, 3.8) is 0 Å². The standard InChI is InChI=1S/C12H15BrO3/c1-4-8(2)16-12-10(13)5-9(7-14)6-11(12)15-3/h5-8H,4H2,1-3H3. The van der Waals surface area contributed by atoms with E-state index in [1.54, 1.807) is 19.2 Å². The normalized spacial score (nSPS) is 12.0. The van der Waals surface area contributed by atoms with Crippen LogP contribution in [-0.2, 0) is 0 Å². The fraction of sp³-hybridized carbons (Fsp3) is 0.417. The molecule has 0 spiro atoms. The van der Waals surface area contributed by atoms with Crippen LogP contribution >= 0.6 is 15.9 Å². The summed E-state index contributed by atoms with van der Waals surface area (Å²) < 4.78 is 11.7. The molecule has 0 aliphatic carbocycles. The smallest absolute Gasteiger partial charge is 0.175 e. The molecule has 1 rings (SSSR count). The zero-order valence-electron chi connectivity index (χ0n) is 9.62. The molecule has 0 N–H and O–H groups in total. The van der Waals surface area contributed by atoms with E-state index in [9.17, 15) is 4.79 Å². The van der Waals surface area contributed by atoms with Gasteiger partial charge in [0.1, 0.15) is 6.29 Å². The van der Waals surface area contributed by atoms with Crippen LogP contribution in [0.1, 0.15) is 30.6 Å². The number of benzene rings is 1. The molecule has 0 aliphatic rings. The molecule has 1 aromatic rings. The van der Waals surface area contributed by atoms with E-state index in [0.29, 0.717) is 17.1 Å². The number of carbonyl (C=O) groups is 1. The van der Waals surface area contributed by atoms with Gasteiger partial charge in [-0.3, -0.25) is 4.79 Å². The summed E-state index contributed by atoms with van der Waals surface area (Å²) in [6.07, 6.45) is 1.79. The van der Waals surface area contributed by atoms with Gasteiger partial charge in [0.05, 0.1) is 17.7 Å². The van der Waals surface area contributed by atoms with Crippen LogP contribution < -0.4 is 9.47 Å². The maximum Gasteiger partial charge on any atom is 0.175 e. The summed E-state index contributed by atoms with van der Waals surface area (Å²) >= 11 is 3.37. The summed E-state index contributed by atoms with van der Waals surface area (Å²) in [4.78, 5) is 10.7. The first-order valence-electron chi connectivity index (χ1n) is 5.11. The SMILES string of the molecule is CCC(C)Oc1c(Br)cc(C=O)cc1OC. The maximum atomic E-state index is 10.7. The quantitative estimate of drug-likeness (QED) is 0.778. The predicted octanol–water partition coefficient (Wildman–Crippen LogP) is 3.45. The van der Waals surface area contributed by atoms with Crippen LogP contribution in [0.5, 0.6) is 11.5 Å². The van der Waals surface area contributed by atoms with Gasteiger partial charge >= 0.3 is 0 Å². The molecule has 16 heavy (non-hydrogen) atoms. The van der Waals surface area contributed by atoms with Gasteiger partial charge in [0, 0.05) is 5.56 Å². The summed E-state index contributed by atoms with van der Waals surface area (Å²) in [7, 11) is 1.56. The van der Waals surface area contributed by atoms with Crippen LogP contribution in [0.25, 0.3) is 0 Å². The van der Waals surface area contributed by atoms with Gasteiger partial charge in [0.25, 0.3) is 0 Å². The van der Waals surface area contributed by atoms with Crippen LogP contribution in [0, 0.1) is 0 Å². The number of methoxy groups -OCH3 is 1. The zero-order chi connectivity index (χ0) is 12.1. The van der Waals surface area contributed by atoms with E-state index >= 15 is 0 Å². The van der Waals surface area contributed by atoms with E-state index in [1.165, 1.54) is 0 Å². The van der Waals surface area contributed by atoms with E-state index in [-0.39, 0.29) is 6.10 Å². The molecule has 1 atom stereocenters. The number of rotatable bonds is 5. The number of carbonyl (C=O) groups excluding carboxylic acids is 1. The number of hydrogen-bond acceptors (Lipinski definition) is 3. The Morgan fingerprint density at radius 2 is 2.19 bits per heavy atom. The van der Waals surface area contributed by atoms with E-state index in [0.717, 1.165) is 17.2 Å². The van der Waals surface area contributed by atoms with Crippen molar-refractivity contribution in [3.8, 4) is 11.5 Å². The second kappa shape index (κ2) is 5.89. The Hall–Kier alpha value is -1.03. The molecular formula is C12H15BrO3. The molecule has 0 radical (unpaired) electrons. The first kappa shape index (κ1) is 13.0. The lowest BCUT2D eigenvalue weighted by atomic mass is 10.2. The summed E-state index contributed by atoms with van der Waals surface area (Å²) in [6, 6.07) is 3.38. The van der Waals surface area contributed by atoms with Gasteiger partial charge in [-0.1, -0.05) is 6.92 Å². The topological polar surface area (TPSA) is 35.5 Å². The second-order valence-electron chi connectivity index (χ2n) is 3.49. The van der Waals surface area contributed by atoms with Crippen molar-refractivity contribution in [3.05, 3.63) is 22.2 Å². The van der Waals surface area contributed by atoms with Gasteiger partial charge in [-0.2, -0.15) is 0 Å². The summed E-state index contributed by atoms with van der Waals surface area (Å²) in [6.45, 7) is 4.03. The molecule has 0 fully saturated rings. The van der Waals surface area contributed by atoms with Crippen molar-refractivity contribution >= 4 is 22.2 Å². The van der Waals surface area contributed by atoms with Gasteiger partial charge in [-0.15, -0.1) is 0 Å². The number of halogens is 1. The van der Waals surface area contributed by atoms with Crippen molar-refractivity contribution in [2.45, 2.75) is 26.4 Å².